The van der Waals surface area contributed by atoms with Crippen LogP contribution in [0.25, 0.3) is 11.4 Å². The number of benzene rings is 1. The number of aromatic amines is 1. The maximum Gasteiger partial charge on any atom is 0.271 e. The molecule has 0 unspecified atom stereocenters. The highest BCUT2D eigenvalue weighted by Gasteiger charge is 2.21. The van der Waals surface area contributed by atoms with Crippen LogP contribution in [-0.4, -0.2) is 28.5 Å². The Kier molecular flexibility index (Phi) is 4.13. The second kappa shape index (κ2) is 6.22. The third kappa shape index (κ3) is 2.84. The highest BCUT2D eigenvalue weighted by Crippen LogP contribution is 2.30. The minimum absolute atomic E-state index is 0.102. The molecule has 0 saturated heterocycles. The zero-order chi connectivity index (χ0) is 15.5. The molecule has 116 valence electrons. The summed E-state index contributed by atoms with van der Waals surface area (Å²) < 4.78 is 5.97. The Morgan fingerprint density at radius 1 is 1.36 bits per heavy atom. The molecule has 5 nitrogen and oxygen atoms in total. The lowest BCUT2D eigenvalue weighted by molar-refractivity contribution is 0.0951. The molecule has 22 heavy (non-hydrogen) atoms. The quantitative estimate of drug-likeness (QED) is 0.912. The molecule has 2 aromatic rings. The van der Waals surface area contributed by atoms with Gasteiger partial charge in [-0.15, -0.1) is 0 Å². The first-order valence-corrected chi connectivity index (χ1v) is 7.82. The molecule has 0 aliphatic carbocycles. The first kappa shape index (κ1) is 14.6. The van der Waals surface area contributed by atoms with Gasteiger partial charge in [-0.1, -0.05) is 19.1 Å². The van der Waals surface area contributed by atoms with E-state index >= 15 is 0 Å². The molecule has 5 heteroatoms. The number of para-hydroxylation sites is 1. The molecule has 2 heterocycles. The number of amides is 1. The van der Waals surface area contributed by atoms with Crippen LogP contribution in [0, 0.1) is 0 Å². The minimum Gasteiger partial charge on any atom is -0.490 e. The van der Waals surface area contributed by atoms with Gasteiger partial charge in [-0.05, 0) is 38.3 Å². The zero-order valence-corrected chi connectivity index (χ0v) is 13.0. The Morgan fingerprint density at radius 2 is 2.18 bits per heavy atom. The van der Waals surface area contributed by atoms with E-state index in [-0.39, 0.29) is 12.0 Å². The monoisotopic (exact) mass is 299 g/mol. The van der Waals surface area contributed by atoms with Gasteiger partial charge >= 0.3 is 0 Å². The molecule has 1 atom stereocenters. The van der Waals surface area contributed by atoms with Crippen molar-refractivity contribution >= 4 is 5.91 Å². The van der Waals surface area contributed by atoms with E-state index in [4.69, 9.17) is 4.74 Å². The Labute approximate surface area is 130 Å². The fourth-order valence-corrected chi connectivity index (χ4v) is 2.52. The number of nitrogens with zero attached hydrogens (tertiary/aromatic N) is 1. The van der Waals surface area contributed by atoms with Crippen LogP contribution < -0.4 is 10.1 Å². The van der Waals surface area contributed by atoms with Gasteiger partial charge in [-0.2, -0.15) is 0 Å². The SMILES string of the molecule is CC[C@H](C)Oc1ccccc1-c1nc2c([nH]1)CCCNC2=O. The Bertz CT molecular complexity index is 678. The Balaban J connectivity index is 1.98. The number of carbonyl (C=O) groups excluding carboxylic acids is 1. The Morgan fingerprint density at radius 3 is 3.00 bits per heavy atom. The predicted molar refractivity (Wildman–Crippen MR) is 85.1 cm³/mol. The molecular weight excluding hydrogens is 278 g/mol. The van der Waals surface area contributed by atoms with E-state index in [9.17, 15) is 4.79 Å². The van der Waals surface area contributed by atoms with Crippen LogP contribution >= 0.6 is 0 Å². The first-order valence-electron chi connectivity index (χ1n) is 7.82. The number of hydrogen-bond donors (Lipinski definition) is 2. The number of rotatable bonds is 4. The number of carbonyl (C=O) groups is 1. The summed E-state index contributed by atoms with van der Waals surface area (Å²) in [6.45, 7) is 4.83. The highest BCUT2D eigenvalue weighted by molar-refractivity contribution is 5.94. The van der Waals surface area contributed by atoms with E-state index in [1.807, 2.05) is 31.2 Å². The lowest BCUT2D eigenvalue weighted by Gasteiger charge is -2.15. The van der Waals surface area contributed by atoms with Gasteiger partial charge in [0.15, 0.2) is 0 Å². The molecule has 1 aliphatic heterocycles. The molecule has 2 N–H and O–H groups in total. The van der Waals surface area contributed by atoms with Crippen molar-refractivity contribution in [2.75, 3.05) is 6.54 Å². The van der Waals surface area contributed by atoms with Gasteiger partial charge in [0.2, 0.25) is 0 Å². The zero-order valence-electron chi connectivity index (χ0n) is 13.0. The number of H-pyrrole nitrogens is 1. The van der Waals surface area contributed by atoms with Crippen LogP contribution in [0.1, 0.15) is 42.9 Å². The van der Waals surface area contributed by atoms with Crippen LogP contribution in [0.5, 0.6) is 5.75 Å². The van der Waals surface area contributed by atoms with Crippen molar-refractivity contribution < 1.29 is 9.53 Å². The maximum absolute atomic E-state index is 12.0. The molecule has 1 aromatic carbocycles. The Hall–Kier alpha value is -2.30. The van der Waals surface area contributed by atoms with Gasteiger partial charge in [0.25, 0.3) is 5.91 Å². The summed E-state index contributed by atoms with van der Waals surface area (Å²) >= 11 is 0. The van der Waals surface area contributed by atoms with Crippen molar-refractivity contribution in [3.8, 4) is 17.1 Å². The summed E-state index contributed by atoms with van der Waals surface area (Å²) in [7, 11) is 0. The largest absolute Gasteiger partial charge is 0.490 e. The standard InChI is InChI=1S/C17H21N3O2/c1-3-11(2)22-14-9-5-4-7-12(14)16-19-13-8-6-10-18-17(21)15(13)20-16/h4-5,7,9,11H,3,6,8,10H2,1-2H3,(H,18,21)(H,19,20)/t11-/m0/s1. The van der Waals surface area contributed by atoms with E-state index in [0.29, 0.717) is 18.1 Å². The van der Waals surface area contributed by atoms with Crippen LogP contribution in [0.15, 0.2) is 24.3 Å². The van der Waals surface area contributed by atoms with E-state index in [0.717, 1.165) is 36.3 Å². The van der Waals surface area contributed by atoms with Gasteiger partial charge in [0.1, 0.15) is 17.3 Å². The number of ether oxygens (including phenoxy) is 1. The van der Waals surface area contributed by atoms with E-state index < -0.39 is 0 Å². The average molecular weight is 299 g/mol. The fraction of sp³-hybridized carbons (Fsp3) is 0.412. The molecule has 1 aliphatic rings. The molecule has 1 aromatic heterocycles. The third-order valence-corrected chi connectivity index (χ3v) is 3.93. The van der Waals surface area contributed by atoms with Gasteiger partial charge in [0.05, 0.1) is 11.7 Å². The van der Waals surface area contributed by atoms with Crippen molar-refractivity contribution in [3.63, 3.8) is 0 Å². The summed E-state index contributed by atoms with van der Waals surface area (Å²) in [5, 5.41) is 2.87. The smallest absolute Gasteiger partial charge is 0.271 e. The lowest BCUT2D eigenvalue weighted by atomic mass is 10.2. The number of aromatic nitrogens is 2. The predicted octanol–water partition coefficient (Wildman–Crippen LogP) is 2.93. The molecule has 0 bridgehead atoms. The third-order valence-electron chi connectivity index (χ3n) is 3.93. The molecule has 3 rings (SSSR count). The van der Waals surface area contributed by atoms with E-state index in [1.165, 1.54) is 0 Å². The summed E-state index contributed by atoms with van der Waals surface area (Å²) in [5.41, 5.74) is 2.30. The van der Waals surface area contributed by atoms with Crippen LogP contribution in [0.3, 0.4) is 0 Å². The van der Waals surface area contributed by atoms with Crippen molar-refractivity contribution in [2.24, 2.45) is 0 Å². The van der Waals surface area contributed by atoms with Gasteiger partial charge in [-0.25, -0.2) is 4.98 Å². The normalized spacial score (nSPS) is 15.6. The summed E-state index contributed by atoms with van der Waals surface area (Å²) in [4.78, 5) is 19.8. The van der Waals surface area contributed by atoms with Gasteiger partial charge in [0, 0.05) is 12.2 Å². The molecule has 0 radical (unpaired) electrons. The van der Waals surface area contributed by atoms with Gasteiger partial charge < -0.3 is 15.0 Å². The second-order valence-corrected chi connectivity index (χ2v) is 5.60. The van der Waals surface area contributed by atoms with E-state index in [1.54, 1.807) is 0 Å². The number of aryl methyl sites for hydroxylation is 1. The molecule has 0 spiro atoms. The minimum atomic E-state index is -0.102. The van der Waals surface area contributed by atoms with Crippen molar-refractivity contribution in [1.29, 1.82) is 0 Å². The number of hydrogen-bond acceptors (Lipinski definition) is 3. The summed E-state index contributed by atoms with van der Waals surface area (Å²) in [5.74, 6) is 1.39. The van der Waals surface area contributed by atoms with Crippen molar-refractivity contribution in [1.82, 2.24) is 15.3 Å². The second-order valence-electron chi connectivity index (χ2n) is 5.60. The van der Waals surface area contributed by atoms with E-state index in [2.05, 4.69) is 22.2 Å². The molecule has 0 saturated carbocycles. The maximum atomic E-state index is 12.0. The fourth-order valence-electron chi connectivity index (χ4n) is 2.52. The number of imidazole rings is 1. The summed E-state index contributed by atoms with van der Waals surface area (Å²) in [6, 6.07) is 7.80. The van der Waals surface area contributed by atoms with Crippen molar-refractivity contribution in [3.05, 3.63) is 35.7 Å². The average Bonchev–Trinajstić information content (AvgIpc) is 2.88. The van der Waals surface area contributed by atoms with Crippen LogP contribution in [0.2, 0.25) is 0 Å². The molecular formula is C17H21N3O2. The topological polar surface area (TPSA) is 67.0 Å². The lowest BCUT2D eigenvalue weighted by Crippen LogP contribution is -2.23. The van der Waals surface area contributed by atoms with Crippen LogP contribution in [0.4, 0.5) is 0 Å². The molecule has 1 amide bonds. The van der Waals surface area contributed by atoms with Gasteiger partial charge in [-0.3, -0.25) is 4.79 Å². The molecule has 0 fully saturated rings. The number of fused-ring (bicyclic) bond motifs is 1. The van der Waals surface area contributed by atoms with Crippen molar-refractivity contribution in [2.45, 2.75) is 39.2 Å². The van der Waals surface area contributed by atoms with Crippen LogP contribution in [-0.2, 0) is 6.42 Å². The first-order chi connectivity index (χ1) is 10.7. The highest BCUT2D eigenvalue weighted by atomic mass is 16.5. The number of nitrogens with one attached hydrogen (secondary N) is 2. The summed E-state index contributed by atoms with van der Waals surface area (Å²) in [6.07, 6.45) is 2.82.